The molecular formula is C17H20FNO. The lowest BCUT2D eigenvalue weighted by atomic mass is 9.98. The smallest absolute Gasteiger partial charge is 0.128 e. The lowest BCUT2D eigenvalue weighted by Crippen LogP contribution is -2.13. The molecule has 0 fully saturated rings. The molecule has 2 nitrogen and oxygen atoms in total. The van der Waals surface area contributed by atoms with Crippen LogP contribution in [0.15, 0.2) is 42.5 Å². The van der Waals surface area contributed by atoms with E-state index >= 15 is 0 Å². The highest BCUT2D eigenvalue weighted by Crippen LogP contribution is 2.24. The number of hydrogen-bond donors (Lipinski definition) is 1. The molecule has 0 heterocycles. The number of nitrogens with two attached hydrogens (primary N) is 1. The third-order valence-corrected chi connectivity index (χ3v) is 3.20. The van der Waals surface area contributed by atoms with Crippen LogP contribution in [0.4, 0.5) is 4.39 Å². The molecule has 106 valence electrons. The van der Waals surface area contributed by atoms with Crippen LogP contribution >= 0.6 is 0 Å². The number of hydrogen-bond acceptors (Lipinski definition) is 2. The molecule has 2 aromatic carbocycles. The van der Waals surface area contributed by atoms with Gasteiger partial charge >= 0.3 is 0 Å². The molecule has 0 aliphatic heterocycles. The number of benzene rings is 2. The zero-order valence-corrected chi connectivity index (χ0v) is 11.9. The average Bonchev–Trinajstić information content (AvgIpc) is 2.45. The van der Waals surface area contributed by atoms with Crippen LogP contribution in [0, 0.1) is 12.7 Å². The van der Waals surface area contributed by atoms with Crippen molar-refractivity contribution in [1.29, 1.82) is 0 Å². The van der Waals surface area contributed by atoms with E-state index < -0.39 is 6.04 Å². The van der Waals surface area contributed by atoms with Crippen LogP contribution in [-0.2, 0) is 0 Å². The quantitative estimate of drug-likeness (QED) is 0.894. The molecule has 3 heteroatoms. The van der Waals surface area contributed by atoms with Crippen LogP contribution in [0.25, 0.3) is 0 Å². The maximum atomic E-state index is 13.9. The minimum Gasteiger partial charge on any atom is -0.494 e. The molecule has 0 aliphatic rings. The molecule has 0 radical (unpaired) electrons. The van der Waals surface area contributed by atoms with Crippen molar-refractivity contribution in [3.8, 4) is 5.75 Å². The molecule has 0 aromatic heterocycles. The van der Waals surface area contributed by atoms with E-state index in [0.29, 0.717) is 12.2 Å². The van der Waals surface area contributed by atoms with E-state index in [-0.39, 0.29) is 5.82 Å². The van der Waals surface area contributed by atoms with Crippen molar-refractivity contribution in [3.05, 3.63) is 65.0 Å². The Hall–Kier alpha value is -1.87. The van der Waals surface area contributed by atoms with E-state index in [1.165, 1.54) is 6.07 Å². The molecule has 0 bridgehead atoms. The van der Waals surface area contributed by atoms with Crippen molar-refractivity contribution in [1.82, 2.24) is 0 Å². The monoisotopic (exact) mass is 273 g/mol. The Morgan fingerprint density at radius 1 is 1.15 bits per heavy atom. The Morgan fingerprint density at radius 2 is 1.85 bits per heavy atom. The Bertz CT molecular complexity index is 566. The minimum atomic E-state index is -0.462. The van der Waals surface area contributed by atoms with E-state index in [2.05, 4.69) is 6.92 Å². The third kappa shape index (κ3) is 3.36. The van der Waals surface area contributed by atoms with Gasteiger partial charge in [0, 0.05) is 5.56 Å². The first-order chi connectivity index (χ1) is 9.61. The molecule has 2 aromatic rings. The standard InChI is InChI=1S/C17H20FNO/c1-3-10-20-14-7-5-13(6-8-14)17(19)15-9-4-12(2)11-16(15)18/h4-9,11,17H,3,10,19H2,1-2H3. The van der Waals surface area contributed by atoms with Gasteiger partial charge in [0.15, 0.2) is 0 Å². The number of halogens is 1. The van der Waals surface area contributed by atoms with Gasteiger partial charge in [-0.1, -0.05) is 31.2 Å². The molecule has 20 heavy (non-hydrogen) atoms. The maximum Gasteiger partial charge on any atom is 0.128 e. The van der Waals surface area contributed by atoms with E-state index in [1.807, 2.05) is 37.3 Å². The summed E-state index contributed by atoms with van der Waals surface area (Å²) in [7, 11) is 0. The molecule has 0 saturated carbocycles. The Balaban J connectivity index is 2.18. The normalized spacial score (nSPS) is 12.2. The Morgan fingerprint density at radius 3 is 2.45 bits per heavy atom. The first-order valence-corrected chi connectivity index (χ1v) is 6.86. The largest absolute Gasteiger partial charge is 0.494 e. The molecule has 2 rings (SSSR count). The zero-order chi connectivity index (χ0) is 14.5. The van der Waals surface area contributed by atoms with Crippen molar-refractivity contribution in [2.24, 2.45) is 5.73 Å². The molecule has 0 saturated heterocycles. The predicted octanol–water partition coefficient (Wildman–Crippen LogP) is 3.97. The van der Waals surface area contributed by atoms with Crippen LogP contribution in [0.2, 0.25) is 0 Å². The van der Waals surface area contributed by atoms with Crippen molar-refractivity contribution in [3.63, 3.8) is 0 Å². The molecular weight excluding hydrogens is 253 g/mol. The first kappa shape index (κ1) is 14.5. The van der Waals surface area contributed by atoms with Crippen LogP contribution in [-0.4, -0.2) is 6.61 Å². The van der Waals surface area contributed by atoms with Gasteiger partial charge in [0.05, 0.1) is 12.6 Å². The van der Waals surface area contributed by atoms with Crippen LogP contribution in [0.1, 0.15) is 36.1 Å². The van der Waals surface area contributed by atoms with E-state index in [9.17, 15) is 4.39 Å². The van der Waals surface area contributed by atoms with Gasteiger partial charge in [-0.3, -0.25) is 0 Å². The van der Waals surface area contributed by atoms with Crippen molar-refractivity contribution >= 4 is 0 Å². The number of ether oxygens (including phenoxy) is 1. The summed E-state index contributed by atoms with van der Waals surface area (Å²) in [6.45, 7) is 4.61. The molecule has 0 amide bonds. The van der Waals surface area contributed by atoms with Gasteiger partial charge in [0.2, 0.25) is 0 Å². The summed E-state index contributed by atoms with van der Waals surface area (Å²) in [6, 6.07) is 12.2. The third-order valence-electron chi connectivity index (χ3n) is 3.20. The molecule has 1 atom stereocenters. The SMILES string of the molecule is CCCOc1ccc(C(N)c2ccc(C)cc2F)cc1. The predicted molar refractivity (Wildman–Crippen MR) is 79.4 cm³/mol. The van der Waals surface area contributed by atoms with Crippen molar-refractivity contribution < 1.29 is 9.13 Å². The summed E-state index contributed by atoms with van der Waals surface area (Å²) in [6.07, 6.45) is 0.968. The average molecular weight is 273 g/mol. The summed E-state index contributed by atoms with van der Waals surface area (Å²) in [4.78, 5) is 0. The fourth-order valence-corrected chi connectivity index (χ4v) is 2.06. The lowest BCUT2D eigenvalue weighted by molar-refractivity contribution is 0.317. The minimum absolute atomic E-state index is 0.260. The number of rotatable bonds is 5. The summed E-state index contributed by atoms with van der Waals surface area (Å²) in [5.74, 6) is 0.552. The summed E-state index contributed by atoms with van der Waals surface area (Å²) in [5, 5.41) is 0. The topological polar surface area (TPSA) is 35.2 Å². The van der Waals surface area contributed by atoms with Crippen LogP contribution < -0.4 is 10.5 Å². The summed E-state index contributed by atoms with van der Waals surface area (Å²) < 4.78 is 19.4. The lowest BCUT2D eigenvalue weighted by Gasteiger charge is -2.14. The second kappa shape index (κ2) is 6.53. The van der Waals surface area contributed by atoms with Gasteiger partial charge in [-0.05, 0) is 42.7 Å². The number of aryl methyl sites for hydroxylation is 1. The second-order valence-electron chi connectivity index (χ2n) is 4.92. The highest BCUT2D eigenvalue weighted by Gasteiger charge is 2.13. The van der Waals surface area contributed by atoms with Crippen LogP contribution in [0.5, 0.6) is 5.75 Å². The highest BCUT2D eigenvalue weighted by molar-refractivity contribution is 5.36. The van der Waals surface area contributed by atoms with Gasteiger partial charge in [0.25, 0.3) is 0 Å². The van der Waals surface area contributed by atoms with Gasteiger partial charge in [-0.25, -0.2) is 4.39 Å². The Kier molecular flexibility index (Phi) is 4.74. The van der Waals surface area contributed by atoms with E-state index in [0.717, 1.165) is 23.3 Å². The zero-order valence-electron chi connectivity index (χ0n) is 11.9. The summed E-state index contributed by atoms with van der Waals surface area (Å²) in [5.41, 5.74) is 8.41. The Labute approximate surface area is 119 Å². The maximum absolute atomic E-state index is 13.9. The van der Waals surface area contributed by atoms with Crippen molar-refractivity contribution in [2.45, 2.75) is 26.3 Å². The van der Waals surface area contributed by atoms with E-state index in [1.54, 1.807) is 6.07 Å². The fourth-order valence-electron chi connectivity index (χ4n) is 2.06. The molecule has 0 spiro atoms. The summed E-state index contributed by atoms with van der Waals surface area (Å²) >= 11 is 0. The van der Waals surface area contributed by atoms with Gasteiger partial charge < -0.3 is 10.5 Å². The molecule has 1 unspecified atom stereocenters. The van der Waals surface area contributed by atoms with Crippen molar-refractivity contribution in [2.75, 3.05) is 6.61 Å². The molecule has 0 aliphatic carbocycles. The molecule has 2 N–H and O–H groups in total. The van der Waals surface area contributed by atoms with Crippen LogP contribution in [0.3, 0.4) is 0 Å². The fraction of sp³-hybridized carbons (Fsp3) is 0.294. The van der Waals surface area contributed by atoms with Gasteiger partial charge in [-0.15, -0.1) is 0 Å². The van der Waals surface area contributed by atoms with Gasteiger partial charge in [-0.2, -0.15) is 0 Å². The highest BCUT2D eigenvalue weighted by atomic mass is 19.1. The van der Waals surface area contributed by atoms with Gasteiger partial charge in [0.1, 0.15) is 11.6 Å². The first-order valence-electron chi connectivity index (χ1n) is 6.86. The second-order valence-corrected chi connectivity index (χ2v) is 4.92. The van der Waals surface area contributed by atoms with E-state index in [4.69, 9.17) is 10.5 Å².